The molecule has 0 radical (unpaired) electrons. The third-order valence-electron chi connectivity index (χ3n) is 3.61. The second-order valence-electron chi connectivity index (χ2n) is 5.46. The van der Waals surface area contributed by atoms with Gasteiger partial charge in [-0.2, -0.15) is 4.98 Å². The molecule has 9 heteroatoms. The zero-order chi connectivity index (χ0) is 18.8. The van der Waals surface area contributed by atoms with E-state index in [1.165, 1.54) is 12.1 Å². The van der Waals surface area contributed by atoms with Crippen LogP contribution in [0.3, 0.4) is 0 Å². The van der Waals surface area contributed by atoms with Gasteiger partial charge in [0.05, 0.1) is 16.1 Å². The summed E-state index contributed by atoms with van der Waals surface area (Å²) in [5.74, 6) is -0.795. The van der Waals surface area contributed by atoms with Crippen molar-refractivity contribution >= 4 is 45.0 Å². The number of phenols is 1. The fourth-order valence-electron chi connectivity index (χ4n) is 2.22. The van der Waals surface area contributed by atoms with Crippen LogP contribution in [0.15, 0.2) is 45.4 Å². The lowest BCUT2D eigenvalue weighted by atomic mass is 10.1. The van der Waals surface area contributed by atoms with Crippen molar-refractivity contribution in [3.05, 3.63) is 62.4 Å². The maximum absolute atomic E-state index is 12.3. The first-order valence-corrected chi connectivity index (χ1v) is 8.98. The number of carbonyl (C=O) groups excluding carboxylic acids is 1. The van der Waals surface area contributed by atoms with E-state index in [1.54, 1.807) is 0 Å². The first-order chi connectivity index (χ1) is 12.3. The van der Waals surface area contributed by atoms with Crippen LogP contribution in [0.1, 0.15) is 29.2 Å². The number of hydrogen-bond acceptors (Lipinski definition) is 5. The van der Waals surface area contributed by atoms with Gasteiger partial charge in [0.15, 0.2) is 5.75 Å². The van der Waals surface area contributed by atoms with E-state index in [0.29, 0.717) is 5.56 Å². The summed E-state index contributed by atoms with van der Waals surface area (Å²) >= 11 is 15.1. The molecule has 0 saturated carbocycles. The lowest BCUT2D eigenvalue weighted by molar-refractivity contribution is 0.0895. The van der Waals surface area contributed by atoms with Gasteiger partial charge < -0.3 is 14.9 Å². The molecule has 0 aliphatic heterocycles. The Morgan fingerprint density at radius 1 is 1.23 bits per heavy atom. The molecule has 26 heavy (non-hydrogen) atoms. The molecule has 1 unspecified atom stereocenters. The van der Waals surface area contributed by atoms with Crippen LogP contribution >= 0.6 is 39.1 Å². The zero-order valence-electron chi connectivity index (χ0n) is 13.3. The van der Waals surface area contributed by atoms with Gasteiger partial charge in [-0.1, -0.05) is 56.4 Å². The Bertz CT molecular complexity index is 937. The summed E-state index contributed by atoms with van der Waals surface area (Å²) in [6.45, 7) is 1.85. The van der Waals surface area contributed by atoms with Gasteiger partial charge in [0, 0.05) is 10.0 Å². The van der Waals surface area contributed by atoms with Gasteiger partial charge in [0.25, 0.3) is 0 Å². The minimum atomic E-state index is -0.504. The molecule has 6 nitrogen and oxygen atoms in total. The van der Waals surface area contributed by atoms with Gasteiger partial charge in [-0.3, -0.25) is 4.79 Å². The summed E-state index contributed by atoms with van der Waals surface area (Å²) in [5, 5.41) is 16.2. The Labute approximate surface area is 167 Å². The second kappa shape index (κ2) is 7.65. The minimum absolute atomic E-state index is 0.0483. The molecule has 0 aliphatic carbocycles. The van der Waals surface area contributed by atoms with Gasteiger partial charge in [0.1, 0.15) is 0 Å². The molecule has 0 bridgehead atoms. The molecule has 0 fully saturated rings. The normalized spacial score (nSPS) is 12.0. The van der Waals surface area contributed by atoms with Crippen molar-refractivity contribution in [1.82, 2.24) is 15.5 Å². The highest BCUT2D eigenvalue weighted by Gasteiger charge is 2.20. The van der Waals surface area contributed by atoms with Crippen molar-refractivity contribution in [2.75, 3.05) is 0 Å². The maximum Gasteiger partial charge on any atom is 0.316 e. The summed E-state index contributed by atoms with van der Waals surface area (Å²) in [4.78, 5) is 16.4. The van der Waals surface area contributed by atoms with Crippen LogP contribution in [0, 0.1) is 0 Å². The number of nitrogens with one attached hydrogen (secondary N) is 1. The van der Waals surface area contributed by atoms with Crippen molar-refractivity contribution in [3.63, 3.8) is 0 Å². The van der Waals surface area contributed by atoms with Crippen LogP contribution in [-0.4, -0.2) is 21.2 Å². The largest absolute Gasteiger partial charge is 0.505 e. The Morgan fingerprint density at radius 2 is 1.85 bits per heavy atom. The fourth-order valence-corrected chi connectivity index (χ4v) is 2.97. The zero-order valence-corrected chi connectivity index (χ0v) is 16.4. The summed E-state index contributed by atoms with van der Waals surface area (Å²) in [7, 11) is 0. The topological polar surface area (TPSA) is 88.2 Å². The number of aromatic nitrogens is 2. The monoisotopic (exact) mass is 455 g/mol. The first-order valence-electron chi connectivity index (χ1n) is 7.43. The van der Waals surface area contributed by atoms with Crippen molar-refractivity contribution < 1.29 is 14.4 Å². The summed E-state index contributed by atoms with van der Waals surface area (Å²) < 4.78 is 5.97. The number of nitrogens with zero attached hydrogens (tertiary/aromatic N) is 2. The Balaban J connectivity index is 1.77. The molecule has 0 spiro atoms. The van der Waals surface area contributed by atoms with Crippen LogP contribution < -0.4 is 5.32 Å². The lowest BCUT2D eigenvalue weighted by Crippen LogP contribution is -2.26. The smallest absolute Gasteiger partial charge is 0.316 e. The molecule has 134 valence electrons. The quantitative estimate of drug-likeness (QED) is 0.576. The Hall–Kier alpha value is -2.09. The van der Waals surface area contributed by atoms with E-state index >= 15 is 0 Å². The number of phenolic OH excluding ortho intramolecular Hbond substituents is 1. The average Bonchev–Trinajstić information content (AvgIpc) is 3.10. The maximum atomic E-state index is 12.3. The molecule has 1 amide bonds. The third-order valence-corrected chi connectivity index (χ3v) is 4.72. The van der Waals surface area contributed by atoms with E-state index in [1.807, 2.05) is 31.2 Å². The first kappa shape index (κ1) is 18.7. The van der Waals surface area contributed by atoms with E-state index < -0.39 is 5.91 Å². The lowest BCUT2D eigenvalue weighted by Gasteiger charge is -2.12. The number of aromatic hydroxyl groups is 1. The molecular weight excluding hydrogens is 445 g/mol. The van der Waals surface area contributed by atoms with Crippen LogP contribution in [0.2, 0.25) is 10.0 Å². The molecule has 0 aliphatic rings. The van der Waals surface area contributed by atoms with Crippen LogP contribution in [0.25, 0.3) is 11.4 Å². The minimum Gasteiger partial charge on any atom is -0.505 e. The van der Waals surface area contributed by atoms with Crippen LogP contribution in [0.4, 0.5) is 0 Å². The Kier molecular flexibility index (Phi) is 5.50. The van der Waals surface area contributed by atoms with E-state index in [4.69, 9.17) is 27.7 Å². The summed E-state index contributed by atoms with van der Waals surface area (Å²) in [6, 6.07) is 10.2. The number of amides is 1. The van der Waals surface area contributed by atoms with Crippen molar-refractivity contribution in [3.8, 4) is 17.1 Å². The van der Waals surface area contributed by atoms with E-state index in [9.17, 15) is 9.90 Å². The van der Waals surface area contributed by atoms with E-state index in [2.05, 4.69) is 31.4 Å². The SMILES string of the molecule is CC(NC(=O)c1nc(-c2cc(Cl)c(O)c(Cl)c2)no1)c1ccc(Br)cc1. The average molecular weight is 457 g/mol. The van der Waals surface area contributed by atoms with Crippen LogP contribution in [0.5, 0.6) is 5.75 Å². The second-order valence-corrected chi connectivity index (χ2v) is 7.19. The fraction of sp³-hybridized carbons (Fsp3) is 0.118. The highest BCUT2D eigenvalue weighted by Crippen LogP contribution is 2.35. The number of rotatable bonds is 4. The van der Waals surface area contributed by atoms with Crippen molar-refractivity contribution in [2.24, 2.45) is 0 Å². The van der Waals surface area contributed by atoms with Gasteiger partial charge >= 0.3 is 11.8 Å². The van der Waals surface area contributed by atoms with Gasteiger partial charge in [-0.15, -0.1) is 0 Å². The summed E-state index contributed by atoms with van der Waals surface area (Å²) in [6.07, 6.45) is 0. The van der Waals surface area contributed by atoms with E-state index in [-0.39, 0.29) is 33.6 Å². The van der Waals surface area contributed by atoms with Crippen molar-refractivity contribution in [1.29, 1.82) is 0 Å². The Morgan fingerprint density at radius 3 is 2.46 bits per heavy atom. The molecule has 2 N–H and O–H groups in total. The molecule has 1 atom stereocenters. The highest BCUT2D eigenvalue weighted by atomic mass is 79.9. The third kappa shape index (κ3) is 4.00. The van der Waals surface area contributed by atoms with Gasteiger partial charge in [-0.05, 0) is 36.8 Å². The highest BCUT2D eigenvalue weighted by molar-refractivity contribution is 9.10. The molecule has 3 aromatic rings. The predicted molar refractivity (Wildman–Crippen MR) is 101 cm³/mol. The van der Waals surface area contributed by atoms with Crippen LogP contribution in [-0.2, 0) is 0 Å². The number of hydrogen-bond donors (Lipinski definition) is 2. The molecule has 3 rings (SSSR count). The summed E-state index contributed by atoms with van der Waals surface area (Å²) in [5.41, 5.74) is 1.35. The van der Waals surface area contributed by atoms with Crippen molar-refractivity contribution in [2.45, 2.75) is 13.0 Å². The van der Waals surface area contributed by atoms with Gasteiger partial charge in [-0.25, -0.2) is 0 Å². The molecule has 1 aromatic heterocycles. The number of benzene rings is 2. The molecule has 2 aromatic carbocycles. The van der Waals surface area contributed by atoms with Gasteiger partial charge in [0.2, 0.25) is 5.82 Å². The standard InChI is InChI=1S/C17H12BrCl2N3O3/c1-8(9-2-4-11(18)5-3-9)21-16(25)17-22-15(23-26-17)10-6-12(19)14(24)13(20)7-10/h2-8,24H,1H3,(H,21,25). The molecule has 0 saturated heterocycles. The number of halogens is 3. The molecular formula is C17H12BrCl2N3O3. The predicted octanol–water partition coefficient (Wildman–Crippen LogP) is 5.00. The van der Waals surface area contributed by atoms with E-state index in [0.717, 1.165) is 10.0 Å². The number of carbonyl (C=O) groups is 1. The molecule has 1 heterocycles.